The van der Waals surface area contributed by atoms with Gasteiger partial charge in [0, 0.05) is 19.0 Å². The molecule has 6 heteroatoms. The van der Waals surface area contributed by atoms with E-state index in [9.17, 15) is 0 Å². The van der Waals surface area contributed by atoms with Gasteiger partial charge in [-0.05, 0) is 25.7 Å². The van der Waals surface area contributed by atoms with Gasteiger partial charge in [-0.2, -0.15) is 5.10 Å². The summed E-state index contributed by atoms with van der Waals surface area (Å²) in [7, 11) is 0. The van der Waals surface area contributed by atoms with Gasteiger partial charge in [0.2, 0.25) is 5.95 Å². The molecule has 3 N–H and O–H groups in total. The van der Waals surface area contributed by atoms with Crippen molar-refractivity contribution in [1.82, 2.24) is 15.2 Å². The van der Waals surface area contributed by atoms with Crippen LogP contribution in [0.4, 0.5) is 5.95 Å². The SMILES string of the molecule is CCc1nnc(N(CCC(=N)N)C2CC2)nc1CC. The molecule has 0 unspecified atom stereocenters. The van der Waals surface area contributed by atoms with Gasteiger partial charge in [-0.1, -0.05) is 13.8 Å². The predicted molar refractivity (Wildman–Crippen MR) is 75.5 cm³/mol. The minimum atomic E-state index is 0.208. The lowest BCUT2D eigenvalue weighted by Crippen LogP contribution is -2.32. The Labute approximate surface area is 113 Å². The molecule has 19 heavy (non-hydrogen) atoms. The maximum absolute atomic E-state index is 7.35. The summed E-state index contributed by atoms with van der Waals surface area (Å²) in [6.07, 6.45) is 4.62. The number of nitrogens with zero attached hydrogens (tertiary/aromatic N) is 4. The van der Waals surface area contributed by atoms with Gasteiger partial charge in [0.15, 0.2) is 0 Å². The van der Waals surface area contributed by atoms with Crippen molar-refractivity contribution in [3.8, 4) is 0 Å². The van der Waals surface area contributed by atoms with Gasteiger partial charge in [-0.3, -0.25) is 5.41 Å². The summed E-state index contributed by atoms with van der Waals surface area (Å²) in [5.41, 5.74) is 7.45. The Bertz CT molecular complexity index is 454. The third-order valence-electron chi connectivity index (χ3n) is 3.36. The van der Waals surface area contributed by atoms with E-state index in [0.717, 1.165) is 37.1 Å². The van der Waals surface area contributed by atoms with Crippen molar-refractivity contribution in [1.29, 1.82) is 5.41 Å². The van der Waals surface area contributed by atoms with E-state index in [0.29, 0.717) is 25.0 Å². The summed E-state index contributed by atoms with van der Waals surface area (Å²) in [5, 5.41) is 15.9. The molecule has 1 aromatic rings. The van der Waals surface area contributed by atoms with E-state index in [1.807, 2.05) is 0 Å². The van der Waals surface area contributed by atoms with Crippen molar-refractivity contribution in [3.63, 3.8) is 0 Å². The number of anilines is 1. The molecule has 2 rings (SSSR count). The van der Waals surface area contributed by atoms with E-state index in [-0.39, 0.29) is 5.84 Å². The predicted octanol–water partition coefficient (Wildman–Crippen LogP) is 1.29. The number of aromatic nitrogens is 3. The van der Waals surface area contributed by atoms with Crippen LogP contribution in [-0.4, -0.2) is 33.6 Å². The molecule has 1 heterocycles. The van der Waals surface area contributed by atoms with E-state index in [1.54, 1.807) is 0 Å². The molecule has 0 aliphatic heterocycles. The number of aryl methyl sites for hydroxylation is 2. The summed E-state index contributed by atoms with van der Waals surface area (Å²) in [5.74, 6) is 0.900. The van der Waals surface area contributed by atoms with Gasteiger partial charge < -0.3 is 10.6 Å². The molecular formula is C13H22N6. The summed E-state index contributed by atoms with van der Waals surface area (Å²) in [4.78, 5) is 6.79. The fourth-order valence-electron chi connectivity index (χ4n) is 2.12. The monoisotopic (exact) mass is 262 g/mol. The van der Waals surface area contributed by atoms with E-state index in [1.165, 1.54) is 0 Å². The van der Waals surface area contributed by atoms with Crippen molar-refractivity contribution in [2.24, 2.45) is 5.73 Å². The van der Waals surface area contributed by atoms with E-state index >= 15 is 0 Å². The summed E-state index contributed by atoms with van der Waals surface area (Å²) in [6, 6.07) is 0.498. The maximum atomic E-state index is 7.35. The lowest BCUT2D eigenvalue weighted by Gasteiger charge is -2.22. The van der Waals surface area contributed by atoms with Crippen LogP contribution in [0, 0.1) is 5.41 Å². The van der Waals surface area contributed by atoms with Gasteiger partial charge in [0.1, 0.15) is 0 Å². The van der Waals surface area contributed by atoms with Crippen LogP contribution in [0.3, 0.4) is 0 Å². The van der Waals surface area contributed by atoms with Crippen LogP contribution in [0.2, 0.25) is 0 Å². The summed E-state index contributed by atoms with van der Waals surface area (Å²) < 4.78 is 0. The van der Waals surface area contributed by atoms with Gasteiger partial charge in [-0.15, -0.1) is 5.10 Å². The first-order chi connectivity index (χ1) is 9.15. The number of hydrogen-bond acceptors (Lipinski definition) is 5. The van der Waals surface area contributed by atoms with Crippen molar-refractivity contribution in [3.05, 3.63) is 11.4 Å². The molecule has 0 atom stereocenters. The Morgan fingerprint density at radius 1 is 1.26 bits per heavy atom. The molecule has 0 bridgehead atoms. The fourth-order valence-corrected chi connectivity index (χ4v) is 2.12. The second-order valence-electron chi connectivity index (χ2n) is 4.91. The molecule has 6 nitrogen and oxygen atoms in total. The van der Waals surface area contributed by atoms with Crippen LogP contribution in [-0.2, 0) is 12.8 Å². The lowest BCUT2D eigenvalue weighted by atomic mass is 10.2. The highest BCUT2D eigenvalue weighted by Gasteiger charge is 2.31. The Morgan fingerprint density at radius 3 is 2.47 bits per heavy atom. The first-order valence-corrected chi connectivity index (χ1v) is 6.97. The second-order valence-corrected chi connectivity index (χ2v) is 4.91. The van der Waals surface area contributed by atoms with Crippen molar-refractivity contribution >= 4 is 11.8 Å². The highest BCUT2D eigenvalue weighted by molar-refractivity contribution is 5.77. The zero-order valence-corrected chi connectivity index (χ0v) is 11.7. The molecule has 104 valence electrons. The standard InChI is InChI=1S/C13H22N6/c1-3-10-11(4-2)17-18-13(16-10)19(9-5-6-9)8-7-12(14)15/h9H,3-8H2,1-2H3,(H3,14,15). The summed E-state index contributed by atoms with van der Waals surface area (Å²) >= 11 is 0. The Balaban J connectivity index is 2.18. The van der Waals surface area contributed by atoms with Crippen LogP contribution in [0.1, 0.15) is 44.5 Å². The van der Waals surface area contributed by atoms with Crippen LogP contribution < -0.4 is 10.6 Å². The van der Waals surface area contributed by atoms with Crippen molar-refractivity contribution < 1.29 is 0 Å². The second kappa shape index (κ2) is 5.95. The molecule has 1 fully saturated rings. The van der Waals surface area contributed by atoms with Gasteiger partial charge >= 0.3 is 0 Å². The Morgan fingerprint density at radius 2 is 1.95 bits per heavy atom. The smallest absolute Gasteiger partial charge is 0.245 e. The average molecular weight is 262 g/mol. The first-order valence-electron chi connectivity index (χ1n) is 6.97. The third-order valence-corrected chi connectivity index (χ3v) is 3.36. The minimum Gasteiger partial charge on any atom is -0.388 e. The molecular weight excluding hydrogens is 240 g/mol. The van der Waals surface area contributed by atoms with Crippen LogP contribution in [0.25, 0.3) is 0 Å². The number of rotatable bonds is 7. The molecule has 0 amide bonds. The molecule has 1 aromatic heterocycles. The highest BCUT2D eigenvalue weighted by Crippen LogP contribution is 2.29. The Kier molecular flexibility index (Phi) is 4.29. The first kappa shape index (κ1) is 13.7. The van der Waals surface area contributed by atoms with E-state index in [4.69, 9.17) is 11.1 Å². The van der Waals surface area contributed by atoms with E-state index < -0.39 is 0 Å². The topological polar surface area (TPSA) is 91.8 Å². The fraction of sp³-hybridized carbons (Fsp3) is 0.692. The largest absolute Gasteiger partial charge is 0.388 e. The molecule has 0 aromatic carbocycles. The molecule has 1 aliphatic rings. The van der Waals surface area contributed by atoms with Crippen LogP contribution >= 0.6 is 0 Å². The number of hydrogen-bond donors (Lipinski definition) is 2. The molecule has 0 saturated heterocycles. The highest BCUT2D eigenvalue weighted by atomic mass is 15.3. The molecule has 1 aliphatic carbocycles. The number of amidine groups is 1. The zero-order chi connectivity index (χ0) is 13.8. The normalized spacial score (nSPS) is 14.4. The molecule has 0 spiro atoms. The number of nitrogens with one attached hydrogen (secondary N) is 1. The lowest BCUT2D eigenvalue weighted by molar-refractivity contribution is 0.721. The third kappa shape index (κ3) is 3.39. The maximum Gasteiger partial charge on any atom is 0.245 e. The minimum absolute atomic E-state index is 0.208. The van der Waals surface area contributed by atoms with Gasteiger partial charge in [0.05, 0.1) is 17.2 Å². The summed E-state index contributed by atoms with van der Waals surface area (Å²) in [6.45, 7) is 4.86. The molecule has 1 saturated carbocycles. The van der Waals surface area contributed by atoms with Gasteiger partial charge in [0.25, 0.3) is 0 Å². The average Bonchev–Trinajstić information content (AvgIpc) is 3.23. The Hall–Kier alpha value is -1.72. The van der Waals surface area contributed by atoms with Crippen LogP contribution in [0.15, 0.2) is 0 Å². The van der Waals surface area contributed by atoms with Crippen LogP contribution in [0.5, 0.6) is 0 Å². The van der Waals surface area contributed by atoms with Crippen molar-refractivity contribution in [2.75, 3.05) is 11.4 Å². The quantitative estimate of drug-likeness (QED) is 0.570. The van der Waals surface area contributed by atoms with Gasteiger partial charge in [-0.25, -0.2) is 4.98 Å². The van der Waals surface area contributed by atoms with Crippen molar-refractivity contribution in [2.45, 2.75) is 52.0 Å². The molecule has 0 radical (unpaired) electrons. The van der Waals surface area contributed by atoms with E-state index in [2.05, 4.69) is 33.9 Å². The number of nitrogens with two attached hydrogens (primary N) is 1. The zero-order valence-electron chi connectivity index (χ0n) is 11.7.